The summed E-state index contributed by atoms with van der Waals surface area (Å²) in [5, 5.41) is 26.2. The van der Waals surface area contributed by atoms with Gasteiger partial charge in [-0.25, -0.2) is 4.79 Å². The van der Waals surface area contributed by atoms with E-state index in [4.69, 9.17) is 14.6 Å². The highest BCUT2D eigenvalue weighted by Gasteiger charge is 2.43. The summed E-state index contributed by atoms with van der Waals surface area (Å²) in [6.45, 7) is 5.23. The number of hydrogen-bond donors (Lipinski definition) is 3. The number of carbonyl (C=O) groups is 2. The van der Waals surface area contributed by atoms with Crippen molar-refractivity contribution in [2.75, 3.05) is 39.3 Å². The third kappa shape index (κ3) is 7.07. The van der Waals surface area contributed by atoms with E-state index >= 15 is 0 Å². The van der Waals surface area contributed by atoms with Gasteiger partial charge in [-0.1, -0.05) is 0 Å². The molecule has 1 aromatic rings. The molecule has 11 heteroatoms. The van der Waals surface area contributed by atoms with Crippen LogP contribution in [0.25, 0.3) is 0 Å². The first-order valence-electron chi connectivity index (χ1n) is 11.4. The number of carboxylic acid groups (broad SMARTS) is 1. The van der Waals surface area contributed by atoms with Crippen molar-refractivity contribution < 1.29 is 42.8 Å². The van der Waals surface area contributed by atoms with E-state index in [1.165, 1.54) is 0 Å². The smallest absolute Gasteiger partial charge is 0.490 e. The highest BCUT2D eigenvalue weighted by Crippen LogP contribution is 2.42. The number of phenolic OH excluding ortho intramolecular Hbond substituents is 1. The number of likely N-dealkylation sites (tertiary alicyclic amines) is 2. The van der Waals surface area contributed by atoms with Crippen LogP contribution in [-0.4, -0.2) is 94.7 Å². The van der Waals surface area contributed by atoms with Crippen molar-refractivity contribution in [2.45, 2.75) is 50.5 Å². The first-order valence-corrected chi connectivity index (χ1v) is 11.4. The largest absolute Gasteiger partial charge is 0.508 e. The van der Waals surface area contributed by atoms with Crippen LogP contribution in [0.15, 0.2) is 24.3 Å². The van der Waals surface area contributed by atoms with E-state index in [1.807, 2.05) is 4.90 Å². The number of carboxylic acids is 1. The molecule has 3 fully saturated rings. The van der Waals surface area contributed by atoms with Crippen molar-refractivity contribution in [1.29, 1.82) is 0 Å². The van der Waals surface area contributed by atoms with Gasteiger partial charge in [-0.2, -0.15) is 13.2 Å². The Bertz CT molecular complexity index is 832. The van der Waals surface area contributed by atoms with Crippen molar-refractivity contribution >= 4 is 11.9 Å². The Labute approximate surface area is 195 Å². The summed E-state index contributed by atoms with van der Waals surface area (Å²) in [4.78, 5) is 25.9. The van der Waals surface area contributed by atoms with Crippen LogP contribution in [0, 0.1) is 5.41 Å². The first-order chi connectivity index (χ1) is 16.0. The van der Waals surface area contributed by atoms with Crippen LogP contribution in [0.3, 0.4) is 0 Å². The number of aliphatic hydroxyl groups is 1. The number of rotatable bonds is 3. The van der Waals surface area contributed by atoms with Gasteiger partial charge in [0, 0.05) is 38.3 Å². The number of piperidine rings is 2. The number of halogens is 3. The normalized spacial score (nSPS) is 23.4. The molecule has 1 atom stereocenters. The second kappa shape index (κ2) is 10.9. The summed E-state index contributed by atoms with van der Waals surface area (Å²) in [5.41, 5.74) is 0.850. The number of hydrogen-bond acceptors (Lipinski definition) is 6. The molecule has 4 rings (SSSR count). The summed E-state index contributed by atoms with van der Waals surface area (Å²) in [5.74, 6) is -2.53. The molecular weight excluding hydrogens is 457 g/mol. The highest BCUT2D eigenvalue weighted by atomic mass is 19.4. The SMILES string of the molecule is O=C(O)C(F)(F)F.O=C(c1ccc(O)cc1)N1CCC2(CC1)COC(CN1CCC(O)CC1)C2. The van der Waals surface area contributed by atoms with Gasteiger partial charge in [0.05, 0.1) is 18.8 Å². The zero-order valence-electron chi connectivity index (χ0n) is 18.8. The van der Waals surface area contributed by atoms with Crippen LogP contribution < -0.4 is 0 Å². The van der Waals surface area contributed by atoms with Crippen molar-refractivity contribution in [2.24, 2.45) is 5.41 Å². The van der Waals surface area contributed by atoms with E-state index < -0.39 is 12.1 Å². The fourth-order valence-electron chi connectivity index (χ4n) is 4.72. The molecule has 3 aliphatic heterocycles. The molecule has 8 nitrogen and oxygen atoms in total. The van der Waals surface area contributed by atoms with Gasteiger partial charge in [0.15, 0.2) is 0 Å². The third-order valence-corrected chi connectivity index (χ3v) is 6.77. The quantitative estimate of drug-likeness (QED) is 0.600. The van der Waals surface area contributed by atoms with E-state index in [2.05, 4.69) is 4.90 Å². The lowest BCUT2D eigenvalue weighted by Crippen LogP contribution is -2.44. The molecule has 0 bridgehead atoms. The minimum absolute atomic E-state index is 0.0483. The van der Waals surface area contributed by atoms with E-state index in [0.717, 1.165) is 71.4 Å². The van der Waals surface area contributed by atoms with Gasteiger partial charge in [0.1, 0.15) is 5.75 Å². The summed E-state index contributed by atoms with van der Waals surface area (Å²) in [6, 6.07) is 6.50. The molecular formula is C23H31F3N2O6. The minimum atomic E-state index is -5.08. The maximum Gasteiger partial charge on any atom is 0.490 e. The number of ether oxygens (including phenoxy) is 1. The van der Waals surface area contributed by atoms with Crippen LogP contribution in [-0.2, 0) is 9.53 Å². The third-order valence-electron chi connectivity index (χ3n) is 6.77. The highest BCUT2D eigenvalue weighted by molar-refractivity contribution is 5.94. The number of benzene rings is 1. The van der Waals surface area contributed by atoms with Crippen molar-refractivity contribution in [3.8, 4) is 5.75 Å². The number of aliphatic hydroxyl groups excluding tert-OH is 1. The molecule has 0 radical (unpaired) electrons. The van der Waals surface area contributed by atoms with Crippen molar-refractivity contribution in [3.63, 3.8) is 0 Å². The number of alkyl halides is 3. The van der Waals surface area contributed by atoms with E-state index in [1.54, 1.807) is 24.3 Å². The number of phenols is 1. The van der Waals surface area contributed by atoms with Crippen LogP contribution in [0.2, 0.25) is 0 Å². The standard InChI is InChI=1S/C21H30N2O4.C2HF3O2/c24-17-3-1-16(2-4-17)20(26)23-11-7-21(8-12-23)13-19(27-15-21)14-22-9-5-18(25)6-10-22;3-2(4,5)1(6)7/h1-4,18-19,24-25H,5-15H2;(H,6,7). The van der Waals surface area contributed by atoms with Crippen molar-refractivity contribution in [3.05, 3.63) is 29.8 Å². The van der Waals surface area contributed by atoms with E-state index in [-0.39, 0.29) is 29.3 Å². The molecule has 3 N–H and O–H groups in total. The van der Waals surface area contributed by atoms with Crippen LogP contribution in [0.1, 0.15) is 42.5 Å². The molecule has 1 amide bonds. The van der Waals surface area contributed by atoms with Crippen LogP contribution >= 0.6 is 0 Å². The Hall–Kier alpha value is -2.37. The fourth-order valence-corrected chi connectivity index (χ4v) is 4.72. The number of carbonyl (C=O) groups excluding carboxylic acids is 1. The number of aliphatic carboxylic acids is 1. The van der Waals surface area contributed by atoms with Crippen molar-refractivity contribution in [1.82, 2.24) is 9.80 Å². The van der Waals surface area contributed by atoms with Crippen LogP contribution in [0.5, 0.6) is 5.75 Å². The molecule has 34 heavy (non-hydrogen) atoms. The molecule has 3 heterocycles. The predicted molar refractivity (Wildman–Crippen MR) is 115 cm³/mol. The summed E-state index contributed by atoms with van der Waals surface area (Å²) in [6.07, 6.45) is -0.142. The molecule has 1 spiro atoms. The molecule has 0 aliphatic carbocycles. The van der Waals surface area contributed by atoms with Gasteiger partial charge in [-0.3, -0.25) is 4.79 Å². The number of amides is 1. The first kappa shape index (κ1) is 26.2. The minimum Gasteiger partial charge on any atom is -0.508 e. The zero-order chi connectivity index (χ0) is 24.9. The van der Waals surface area contributed by atoms with Gasteiger partial charge in [0.25, 0.3) is 5.91 Å². The molecule has 0 saturated carbocycles. The van der Waals surface area contributed by atoms with Gasteiger partial charge >= 0.3 is 12.1 Å². The Morgan fingerprint density at radius 3 is 2.15 bits per heavy atom. The molecule has 3 aliphatic rings. The molecule has 190 valence electrons. The van der Waals surface area contributed by atoms with Crippen LogP contribution in [0.4, 0.5) is 13.2 Å². The molecule has 1 aromatic carbocycles. The van der Waals surface area contributed by atoms with E-state index in [0.29, 0.717) is 5.56 Å². The maximum atomic E-state index is 12.7. The summed E-state index contributed by atoms with van der Waals surface area (Å²) in [7, 11) is 0. The number of nitrogens with zero attached hydrogens (tertiary/aromatic N) is 2. The lowest BCUT2D eigenvalue weighted by molar-refractivity contribution is -0.192. The zero-order valence-corrected chi connectivity index (χ0v) is 18.8. The summed E-state index contributed by atoms with van der Waals surface area (Å²) < 4.78 is 37.9. The Morgan fingerprint density at radius 2 is 1.62 bits per heavy atom. The molecule has 1 unspecified atom stereocenters. The van der Waals surface area contributed by atoms with Gasteiger partial charge in [0.2, 0.25) is 0 Å². The van der Waals surface area contributed by atoms with Gasteiger partial charge in [-0.05, 0) is 61.8 Å². The maximum absolute atomic E-state index is 12.7. The lowest BCUT2D eigenvalue weighted by Gasteiger charge is -2.38. The Balaban J connectivity index is 0.000000406. The Kier molecular flexibility index (Phi) is 8.43. The second-order valence-corrected chi connectivity index (χ2v) is 9.31. The van der Waals surface area contributed by atoms with Gasteiger partial charge < -0.3 is 29.9 Å². The average molecular weight is 489 g/mol. The number of aromatic hydroxyl groups is 1. The van der Waals surface area contributed by atoms with E-state index in [9.17, 15) is 28.2 Å². The predicted octanol–water partition coefficient (Wildman–Crippen LogP) is 2.49. The fraction of sp³-hybridized carbons (Fsp3) is 0.652. The average Bonchev–Trinajstić information content (AvgIpc) is 3.17. The van der Waals surface area contributed by atoms with Gasteiger partial charge in [-0.15, -0.1) is 0 Å². The summed E-state index contributed by atoms with van der Waals surface area (Å²) >= 11 is 0. The topological polar surface area (TPSA) is 111 Å². The Morgan fingerprint density at radius 1 is 1.06 bits per heavy atom. The molecule has 0 aromatic heterocycles. The molecule has 3 saturated heterocycles. The second-order valence-electron chi connectivity index (χ2n) is 9.31. The monoisotopic (exact) mass is 488 g/mol. The lowest BCUT2D eigenvalue weighted by atomic mass is 9.76.